The summed E-state index contributed by atoms with van der Waals surface area (Å²) in [5, 5.41) is 23.9. The van der Waals surface area contributed by atoms with Gasteiger partial charge in [0.2, 0.25) is 0 Å². The summed E-state index contributed by atoms with van der Waals surface area (Å²) in [6, 6.07) is 9.63. The minimum Gasteiger partial charge on any atom is -0.459 e. The Morgan fingerprint density at radius 1 is 1.02 bits per heavy atom. The third kappa shape index (κ3) is 9.86. The molecule has 2 fully saturated rings. The van der Waals surface area contributed by atoms with E-state index in [9.17, 15) is 19.8 Å². The Hall–Kier alpha value is -2.22. The number of aliphatic hydroxyl groups is 2. The van der Waals surface area contributed by atoms with Crippen molar-refractivity contribution in [3.05, 3.63) is 48.0 Å². The molecule has 11 nitrogen and oxygen atoms in total. The topological polar surface area (TPSA) is 127 Å². The molecule has 4 rings (SSSR count). The van der Waals surface area contributed by atoms with Crippen molar-refractivity contribution in [2.24, 2.45) is 17.8 Å². The van der Waals surface area contributed by atoms with Gasteiger partial charge in [-0.1, -0.05) is 63.3 Å². The van der Waals surface area contributed by atoms with Crippen LogP contribution in [0.4, 0.5) is 0 Å². The molecule has 11 heteroatoms. The highest BCUT2D eigenvalue weighted by Gasteiger charge is 2.51. The van der Waals surface area contributed by atoms with E-state index in [1.54, 1.807) is 20.8 Å². The number of cyclic esters (lactones) is 1. The molecular formula is C40H64N2O9. The number of carbonyl (C=O) groups is 2. The molecular weight excluding hydrogens is 652 g/mol. The van der Waals surface area contributed by atoms with Crippen molar-refractivity contribution >= 4 is 11.8 Å². The minimum absolute atomic E-state index is 0.00190. The molecule has 0 spiro atoms. The van der Waals surface area contributed by atoms with Gasteiger partial charge in [-0.05, 0) is 79.5 Å². The van der Waals surface area contributed by atoms with Crippen LogP contribution in [0.5, 0.6) is 0 Å². The molecule has 2 bridgehead atoms. The number of nitrogens with zero attached hydrogens (tertiary/aromatic N) is 2. The van der Waals surface area contributed by atoms with Crippen molar-refractivity contribution in [1.82, 2.24) is 9.80 Å². The van der Waals surface area contributed by atoms with E-state index in [0.29, 0.717) is 32.4 Å². The minimum atomic E-state index is -1.60. The molecule has 0 aromatic heterocycles. The van der Waals surface area contributed by atoms with Crippen molar-refractivity contribution in [2.45, 2.75) is 141 Å². The fourth-order valence-electron chi connectivity index (χ4n) is 8.42. The van der Waals surface area contributed by atoms with Crippen LogP contribution in [0, 0.1) is 17.8 Å². The molecule has 0 aliphatic carbocycles. The lowest BCUT2D eigenvalue weighted by Crippen LogP contribution is -2.60. The number of rotatable bonds is 6. The first-order valence-electron chi connectivity index (χ1n) is 18.8. The molecule has 288 valence electrons. The van der Waals surface area contributed by atoms with Crippen LogP contribution in [0.1, 0.15) is 80.2 Å². The molecule has 1 aromatic carbocycles. The lowest BCUT2D eigenvalue weighted by atomic mass is 9.78. The van der Waals surface area contributed by atoms with Crippen LogP contribution in [-0.4, -0.2) is 126 Å². The van der Waals surface area contributed by atoms with Gasteiger partial charge >= 0.3 is 5.97 Å². The number of ketones is 1. The van der Waals surface area contributed by atoms with Gasteiger partial charge in [0.05, 0.1) is 31.0 Å². The van der Waals surface area contributed by atoms with E-state index in [4.69, 9.17) is 23.7 Å². The second-order valence-corrected chi connectivity index (χ2v) is 15.9. The molecule has 3 aliphatic rings. The van der Waals surface area contributed by atoms with Gasteiger partial charge in [-0.25, -0.2) is 0 Å². The van der Waals surface area contributed by atoms with Gasteiger partial charge in [-0.15, -0.1) is 0 Å². The van der Waals surface area contributed by atoms with E-state index in [0.717, 1.165) is 5.56 Å². The Kier molecular flexibility index (Phi) is 14.4. The fraction of sp³-hybridized carbons (Fsp3) is 0.750. The van der Waals surface area contributed by atoms with E-state index in [-0.39, 0.29) is 43.1 Å². The Balaban J connectivity index is 1.87. The molecule has 13 atom stereocenters. The Morgan fingerprint density at radius 2 is 1.69 bits per heavy atom. The molecule has 0 radical (unpaired) electrons. The third-order valence-electron chi connectivity index (χ3n) is 11.3. The van der Waals surface area contributed by atoms with Crippen molar-refractivity contribution in [2.75, 3.05) is 33.9 Å². The van der Waals surface area contributed by atoms with Gasteiger partial charge in [-0.2, -0.15) is 0 Å². The van der Waals surface area contributed by atoms with Crippen LogP contribution in [0.25, 0.3) is 0 Å². The van der Waals surface area contributed by atoms with E-state index in [2.05, 4.69) is 24.0 Å². The Labute approximate surface area is 305 Å². The van der Waals surface area contributed by atoms with Gasteiger partial charge in [0, 0.05) is 31.1 Å². The summed E-state index contributed by atoms with van der Waals surface area (Å²) in [6.45, 7) is 16.5. The Morgan fingerprint density at radius 3 is 2.33 bits per heavy atom. The van der Waals surface area contributed by atoms with Gasteiger partial charge in [0.25, 0.3) is 0 Å². The van der Waals surface area contributed by atoms with Crippen molar-refractivity contribution in [1.29, 1.82) is 0 Å². The second-order valence-electron chi connectivity index (χ2n) is 15.9. The number of Topliss-reactive ketones (excluding diaryl/α,β-unsaturated/α-hetero) is 1. The van der Waals surface area contributed by atoms with Crippen molar-refractivity contribution in [3.63, 3.8) is 0 Å². The zero-order chi connectivity index (χ0) is 37.7. The average Bonchev–Trinajstić information content (AvgIpc) is 3.08. The number of fused-ring (bicyclic) bond motifs is 6. The number of benzene rings is 1. The van der Waals surface area contributed by atoms with E-state index in [1.165, 1.54) is 0 Å². The molecule has 2 saturated heterocycles. The second kappa shape index (κ2) is 17.7. The molecule has 3 aliphatic heterocycles. The first-order valence-corrected chi connectivity index (χ1v) is 18.8. The van der Waals surface area contributed by atoms with Crippen LogP contribution in [0.3, 0.4) is 0 Å². The lowest BCUT2D eigenvalue weighted by Gasteiger charge is -2.47. The highest BCUT2D eigenvalue weighted by molar-refractivity contribution is 6.00. The summed E-state index contributed by atoms with van der Waals surface area (Å²) < 4.78 is 32.3. The normalized spacial score (nSPS) is 41.8. The summed E-state index contributed by atoms with van der Waals surface area (Å²) in [6.07, 6.45) is 0.308. The maximum atomic E-state index is 14.3. The summed E-state index contributed by atoms with van der Waals surface area (Å²) in [4.78, 5) is 32.4. The van der Waals surface area contributed by atoms with Crippen LogP contribution >= 0.6 is 0 Å². The van der Waals surface area contributed by atoms with Crippen molar-refractivity contribution < 1.29 is 43.5 Å². The van der Waals surface area contributed by atoms with Gasteiger partial charge in [-0.3, -0.25) is 14.5 Å². The number of hydrogen-bond donors (Lipinski definition) is 2. The molecule has 1 aromatic rings. The highest BCUT2D eigenvalue weighted by atomic mass is 16.7. The van der Waals surface area contributed by atoms with Gasteiger partial charge < -0.3 is 38.8 Å². The first-order chi connectivity index (χ1) is 24.0. The fourth-order valence-corrected chi connectivity index (χ4v) is 8.42. The molecule has 1 unspecified atom stereocenters. The first kappa shape index (κ1) is 41.5. The predicted molar refractivity (Wildman–Crippen MR) is 195 cm³/mol. The van der Waals surface area contributed by atoms with E-state index >= 15 is 0 Å². The number of esters is 1. The lowest BCUT2D eigenvalue weighted by molar-refractivity contribution is -0.297. The number of likely N-dealkylation sites (N-methyl/N-ethyl adjacent to an activating group) is 1. The largest absolute Gasteiger partial charge is 0.459 e. The smallest absolute Gasteiger partial charge is 0.316 e. The molecule has 51 heavy (non-hydrogen) atoms. The van der Waals surface area contributed by atoms with E-state index < -0.39 is 59.7 Å². The van der Waals surface area contributed by atoms with Gasteiger partial charge in [0.15, 0.2) is 12.1 Å². The summed E-state index contributed by atoms with van der Waals surface area (Å²) in [5.41, 5.74) is -1.56. The van der Waals surface area contributed by atoms with Crippen LogP contribution in [0.2, 0.25) is 0 Å². The predicted octanol–water partition coefficient (Wildman–Crippen LogP) is 4.37. The molecule has 0 amide bonds. The number of hydrogen-bond acceptors (Lipinski definition) is 11. The molecule has 0 saturated carbocycles. The van der Waals surface area contributed by atoms with Crippen molar-refractivity contribution in [3.8, 4) is 0 Å². The highest BCUT2D eigenvalue weighted by Crippen LogP contribution is 2.38. The molecule has 3 heterocycles. The van der Waals surface area contributed by atoms with Crippen LogP contribution in [0.15, 0.2) is 42.5 Å². The number of carbonyl (C=O) groups excluding carboxylic acids is 2. The standard InChI is InChI=1S/C40H64N2O9/c1-11-32-40(8,46)36-29(6)42(24-30-17-13-12-14-18-30)23-25(2)22-39(7,48-20-16-15-19-47-36)35(27(4)33(43)28(5)37(45)50-32)51-38-34(44)31(41(9)10)21-26(3)49-38/h12-18,25-29,31-32,34-36,38,44,46H,11,19-24H2,1-10H3/b16-15-/t25-,26-,27+,28?,29-,31+,32-,34-,35-,36-,38+,39-,40-/m1/s1. The third-order valence-corrected chi connectivity index (χ3v) is 11.3. The maximum Gasteiger partial charge on any atom is 0.316 e. The SMILES string of the molecule is CC[C@H]1OC(=O)C(C)C(=O)[C@H](C)[C@@H](O[C@@H]2O[C@H](C)C[C@H](N(C)C)[C@H]2O)[C@@]2(C)C[C@@H](C)CN(Cc3ccccc3)[C@H](C)[C@@H](OC/C=C\CO2)[C@]1(C)O. The summed E-state index contributed by atoms with van der Waals surface area (Å²) in [7, 11) is 3.83. The zero-order valence-electron chi connectivity index (χ0n) is 32.5. The summed E-state index contributed by atoms with van der Waals surface area (Å²) >= 11 is 0. The van der Waals surface area contributed by atoms with Crippen LogP contribution in [-0.2, 0) is 39.8 Å². The Bertz CT molecular complexity index is 1310. The quantitative estimate of drug-likeness (QED) is 0.248. The zero-order valence-corrected chi connectivity index (χ0v) is 32.5. The molecule has 2 N–H and O–H groups in total. The summed E-state index contributed by atoms with van der Waals surface area (Å²) in [5.74, 6) is -3.12. The van der Waals surface area contributed by atoms with E-state index in [1.807, 2.05) is 77.0 Å². The maximum absolute atomic E-state index is 14.3. The number of ether oxygens (including phenoxy) is 5. The van der Waals surface area contributed by atoms with Crippen LogP contribution < -0.4 is 0 Å². The number of aliphatic hydroxyl groups excluding tert-OH is 1. The van der Waals surface area contributed by atoms with Gasteiger partial charge in [0.1, 0.15) is 29.8 Å². The monoisotopic (exact) mass is 716 g/mol. The average molecular weight is 717 g/mol.